The molecule has 0 bridgehead atoms. The minimum absolute atomic E-state index is 0.262. The maximum Gasteiger partial charge on any atom is 0.276 e. The van der Waals surface area contributed by atoms with Crippen LogP contribution in [0.15, 0.2) is 60.8 Å². The summed E-state index contributed by atoms with van der Waals surface area (Å²) in [5.74, 6) is -0.0248. The summed E-state index contributed by atoms with van der Waals surface area (Å²) in [4.78, 5) is 12.5. The Labute approximate surface area is 151 Å². The highest BCUT2D eigenvalue weighted by Crippen LogP contribution is 2.24. The molecule has 0 spiro atoms. The molecule has 26 heavy (non-hydrogen) atoms. The van der Waals surface area contributed by atoms with Gasteiger partial charge in [-0.2, -0.15) is 5.10 Å². The number of halogens is 1. The second kappa shape index (κ2) is 8.29. The van der Waals surface area contributed by atoms with Gasteiger partial charge in [-0.25, -0.2) is 9.07 Å². The van der Waals surface area contributed by atoms with Crippen LogP contribution in [-0.2, 0) is 0 Å². The van der Waals surface area contributed by atoms with Crippen LogP contribution in [0.25, 0.3) is 5.69 Å². The Morgan fingerprint density at radius 1 is 1.15 bits per heavy atom. The van der Waals surface area contributed by atoms with Gasteiger partial charge in [0.1, 0.15) is 11.6 Å². The van der Waals surface area contributed by atoms with Gasteiger partial charge in [0, 0.05) is 6.20 Å². The van der Waals surface area contributed by atoms with Crippen LogP contribution in [0.3, 0.4) is 0 Å². The molecule has 3 rings (SSSR count). The number of carbonyl (C=O) groups is 1. The number of amides is 1. The Bertz CT molecular complexity index is 875. The molecule has 1 amide bonds. The van der Waals surface area contributed by atoms with Crippen LogP contribution >= 0.6 is 0 Å². The summed E-state index contributed by atoms with van der Waals surface area (Å²) in [6, 6.07) is 14.8. The van der Waals surface area contributed by atoms with E-state index in [1.807, 2.05) is 18.2 Å². The summed E-state index contributed by atoms with van der Waals surface area (Å²) < 4.78 is 20.3. The first kappa shape index (κ1) is 17.7. The van der Waals surface area contributed by atoms with Crippen LogP contribution in [0.2, 0.25) is 0 Å². The molecule has 5 nitrogen and oxygen atoms in total. The van der Waals surface area contributed by atoms with Crippen molar-refractivity contribution < 1.29 is 13.9 Å². The first-order chi connectivity index (χ1) is 12.7. The van der Waals surface area contributed by atoms with Crippen LogP contribution in [0.5, 0.6) is 5.75 Å². The molecule has 0 saturated heterocycles. The van der Waals surface area contributed by atoms with Gasteiger partial charge in [0.25, 0.3) is 5.91 Å². The molecule has 0 fully saturated rings. The molecule has 0 aliphatic heterocycles. The first-order valence-electron chi connectivity index (χ1n) is 8.52. The van der Waals surface area contributed by atoms with Crippen molar-refractivity contribution in [2.45, 2.75) is 19.8 Å². The topological polar surface area (TPSA) is 56.1 Å². The third-order valence-corrected chi connectivity index (χ3v) is 3.80. The molecule has 0 saturated carbocycles. The van der Waals surface area contributed by atoms with E-state index in [-0.39, 0.29) is 17.4 Å². The number of benzene rings is 2. The van der Waals surface area contributed by atoms with Crippen molar-refractivity contribution >= 4 is 11.6 Å². The summed E-state index contributed by atoms with van der Waals surface area (Å²) in [5, 5.41) is 7.08. The molecular weight excluding hydrogens is 333 g/mol. The molecule has 3 aromatic rings. The maximum absolute atomic E-state index is 13.0. The Hall–Kier alpha value is -3.15. The van der Waals surface area contributed by atoms with Crippen molar-refractivity contribution in [1.29, 1.82) is 0 Å². The van der Waals surface area contributed by atoms with Crippen molar-refractivity contribution in [3.63, 3.8) is 0 Å². The third-order valence-electron chi connectivity index (χ3n) is 3.80. The molecule has 1 aromatic heterocycles. The fourth-order valence-corrected chi connectivity index (χ4v) is 2.39. The lowest BCUT2D eigenvalue weighted by Gasteiger charge is -2.11. The number of rotatable bonds is 7. The number of para-hydroxylation sites is 2. The lowest BCUT2D eigenvalue weighted by atomic mass is 10.2. The second-order valence-corrected chi connectivity index (χ2v) is 5.77. The number of aromatic nitrogens is 2. The molecule has 134 valence electrons. The zero-order valence-corrected chi connectivity index (χ0v) is 14.5. The molecular formula is C20H20FN3O2. The van der Waals surface area contributed by atoms with E-state index in [2.05, 4.69) is 17.3 Å². The molecule has 0 aliphatic rings. The van der Waals surface area contributed by atoms with Gasteiger partial charge in [-0.15, -0.1) is 0 Å². The standard InChI is InChI=1S/C20H20FN3O2/c1-2-3-14-26-19-7-5-4-6-17(19)22-20(25)18-12-13-24(23-18)16-10-8-15(21)9-11-16/h4-13H,2-3,14H2,1H3,(H,22,25). The van der Waals surface area contributed by atoms with Crippen LogP contribution in [0.1, 0.15) is 30.3 Å². The average molecular weight is 353 g/mol. The quantitative estimate of drug-likeness (QED) is 0.639. The third kappa shape index (κ3) is 4.27. The summed E-state index contributed by atoms with van der Waals surface area (Å²) in [7, 11) is 0. The molecule has 6 heteroatoms. The number of hydrogen-bond acceptors (Lipinski definition) is 3. The van der Waals surface area contributed by atoms with E-state index in [0.717, 1.165) is 12.8 Å². The molecule has 0 atom stereocenters. The van der Waals surface area contributed by atoms with Gasteiger partial charge in [-0.1, -0.05) is 25.5 Å². The fraction of sp³-hybridized carbons (Fsp3) is 0.200. The average Bonchev–Trinajstić information content (AvgIpc) is 3.14. The number of unbranched alkanes of at least 4 members (excludes halogenated alkanes) is 1. The van der Waals surface area contributed by atoms with Crippen molar-refractivity contribution in [3.8, 4) is 11.4 Å². The Balaban J connectivity index is 1.72. The number of ether oxygens (including phenoxy) is 1. The summed E-state index contributed by atoms with van der Waals surface area (Å²) >= 11 is 0. The van der Waals surface area contributed by atoms with Gasteiger partial charge in [-0.05, 0) is 48.9 Å². The highest BCUT2D eigenvalue weighted by Gasteiger charge is 2.13. The van der Waals surface area contributed by atoms with E-state index < -0.39 is 0 Å². The highest BCUT2D eigenvalue weighted by molar-refractivity contribution is 6.03. The van der Waals surface area contributed by atoms with E-state index in [9.17, 15) is 9.18 Å². The predicted octanol–water partition coefficient (Wildman–Crippen LogP) is 4.44. The fourth-order valence-electron chi connectivity index (χ4n) is 2.39. The lowest BCUT2D eigenvalue weighted by molar-refractivity contribution is 0.102. The van der Waals surface area contributed by atoms with Crippen molar-refractivity contribution in [3.05, 3.63) is 72.3 Å². The minimum Gasteiger partial charge on any atom is -0.491 e. The Morgan fingerprint density at radius 2 is 1.92 bits per heavy atom. The van der Waals surface area contributed by atoms with Gasteiger partial charge in [0.2, 0.25) is 0 Å². The van der Waals surface area contributed by atoms with E-state index in [0.29, 0.717) is 23.7 Å². The van der Waals surface area contributed by atoms with E-state index >= 15 is 0 Å². The SMILES string of the molecule is CCCCOc1ccccc1NC(=O)c1ccn(-c2ccc(F)cc2)n1. The number of anilines is 1. The van der Waals surface area contributed by atoms with Crippen molar-refractivity contribution in [2.75, 3.05) is 11.9 Å². The smallest absolute Gasteiger partial charge is 0.276 e. The Kier molecular flexibility index (Phi) is 5.63. The van der Waals surface area contributed by atoms with E-state index in [4.69, 9.17) is 4.74 Å². The molecule has 1 N–H and O–H groups in total. The maximum atomic E-state index is 13.0. The predicted molar refractivity (Wildman–Crippen MR) is 98.3 cm³/mol. The lowest BCUT2D eigenvalue weighted by Crippen LogP contribution is -2.14. The molecule has 2 aromatic carbocycles. The summed E-state index contributed by atoms with van der Waals surface area (Å²) in [5.41, 5.74) is 1.54. The monoisotopic (exact) mass is 353 g/mol. The van der Waals surface area contributed by atoms with Crippen LogP contribution in [0.4, 0.5) is 10.1 Å². The number of carbonyl (C=O) groups excluding carboxylic acids is 1. The van der Waals surface area contributed by atoms with Crippen LogP contribution < -0.4 is 10.1 Å². The largest absolute Gasteiger partial charge is 0.491 e. The van der Waals surface area contributed by atoms with Gasteiger partial charge < -0.3 is 10.1 Å². The van der Waals surface area contributed by atoms with Gasteiger partial charge >= 0.3 is 0 Å². The summed E-state index contributed by atoms with van der Waals surface area (Å²) in [6.45, 7) is 2.69. The molecule has 0 radical (unpaired) electrons. The van der Waals surface area contributed by atoms with Crippen molar-refractivity contribution in [1.82, 2.24) is 9.78 Å². The highest BCUT2D eigenvalue weighted by atomic mass is 19.1. The molecule has 0 unspecified atom stereocenters. The minimum atomic E-state index is -0.336. The van der Waals surface area contributed by atoms with Crippen LogP contribution in [0, 0.1) is 5.82 Å². The summed E-state index contributed by atoms with van der Waals surface area (Å²) in [6.07, 6.45) is 3.64. The second-order valence-electron chi connectivity index (χ2n) is 5.77. The van der Waals surface area contributed by atoms with E-state index in [1.165, 1.54) is 16.8 Å². The van der Waals surface area contributed by atoms with Gasteiger partial charge in [-0.3, -0.25) is 4.79 Å². The van der Waals surface area contributed by atoms with Crippen molar-refractivity contribution in [2.24, 2.45) is 0 Å². The number of hydrogen-bond donors (Lipinski definition) is 1. The molecule has 0 aliphatic carbocycles. The first-order valence-corrected chi connectivity index (χ1v) is 8.52. The normalized spacial score (nSPS) is 10.5. The Morgan fingerprint density at radius 3 is 2.69 bits per heavy atom. The van der Waals surface area contributed by atoms with Gasteiger partial charge in [0.15, 0.2) is 5.69 Å². The number of nitrogens with one attached hydrogen (secondary N) is 1. The zero-order chi connectivity index (χ0) is 18.4. The van der Waals surface area contributed by atoms with E-state index in [1.54, 1.807) is 30.5 Å². The number of nitrogens with zero attached hydrogens (tertiary/aromatic N) is 2. The van der Waals surface area contributed by atoms with Gasteiger partial charge in [0.05, 0.1) is 18.0 Å². The van der Waals surface area contributed by atoms with Crippen LogP contribution in [-0.4, -0.2) is 22.3 Å². The molecule has 1 heterocycles. The zero-order valence-electron chi connectivity index (χ0n) is 14.5.